The van der Waals surface area contributed by atoms with Gasteiger partial charge in [0.2, 0.25) is 0 Å². The fraction of sp³-hybridized carbons (Fsp3) is 0.700. The number of hydrogen-bond acceptors (Lipinski definition) is 4. The number of hydrogen-bond donors (Lipinski definition) is 0. The fourth-order valence-electron chi connectivity index (χ4n) is 1.30. The van der Waals surface area contributed by atoms with Crippen LogP contribution in [-0.4, -0.2) is 26.2 Å². The number of alkyl halides is 3. The lowest BCUT2D eigenvalue weighted by atomic mass is 9.86. The van der Waals surface area contributed by atoms with Gasteiger partial charge in [-0.25, -0.2) is 0 Å². The van der Waals surface area contributed by atoms with E-state index in [1.807, 2.05) is 20.8 Å². The summed E-state index contributed by atoms with van der Waals surface area (Å²) in [6.45, 7) is 5.64. The van der Waals surface area contributed by atoms with Gasteiger partial charge in [-0.15, -0.1) is 0 Å². The first-order valence-electron chi connectivity index (χ1n) is 5.17. The lowest BCUT2D eigenvalue weighted by molar-refractivity contribution is -0.0522. The average Bonchev–Trinajstić information content (AvgIpc) is 2.14. The number of aliphatic imine (C=N–C) groups is 1. The molecule has 0 aliphatic carbocycles. The minimum atomic E-state index is -5.59. The Bertz CT molecular complexity index is 483. The van der Waals surface area contributed by atoms with Crippen LogP contribution in [0.25, 0.3) is 0 Å². The van der Waals surface area contributed by atoms with Crippen molar-refractivity contribution in [3.63, 3.8) is 0 Å². The first-order valence-corrected chi connectivity index (χ1v) is 6.58. The van der Waals surface area contributed by atoms with Crippen molar-refractivity contribution in [1.82, 2.24) is 0 Å². The van der Waals surface area contributed by atoms with Crippen LogP contribution in [0, 0.1) is 5.41 Å². The van der Waals surface area contributed by atoms with E-state index in [4.69, 9.17) is 0 Å². The van der Waals surface area contributed by atoms with Gasteiger partial charge < -0.3 is 4.18 Å². The van der Waals surface area contributed by atoms with Gasteiger partial charge in [-0.05, 0) is 6.08 Å². The predicted octanol–water partition coefficient (Wildman–Crippen LogP) is 2.63. The van der Waals surface area contributed by atoms with Crippen LogP contribution in [0.5, 0.6) is 0 Å². The molecule has 0 amide bonds. The summed E-state index contributed by atoms with van der Waals surface area (Å²) < 4.78 is 62.2. The smallest absolute Gasteiger partial charge is 0.380 e. The Morgan fingerprint density at radius 2 is 1.83 bits per heavy atom. The third-order valence-corrected chi connectivity index (χ3v) is 3.31. The molecule has 0 N–H and O–H groups in total. The van der Waals surface area contributed by atoms with Crippen LogP contribution in [0.4, 0.5) is 13.2 Å². The van der Waals surface area contributed by atoms with Gasteiger partial charge in [-0.3, -0.25) is 4.99 Å². The monoisotopic (exact) mass is 285 g/mol. The molecule has 0 bridgehead atoms. The van der Waals surface area contributed by atoms with Crippen LogP contribution in [0.1, 0.15) is 27.2 Å². The second-order valence-electron chi connectivity index (χ2n) is 4.87. The molecule has 0 atom stereocenters. The predicted molar refractivity (Wildman–Crippen MR) is 60.5 cm³/mol. The Hall–Kier alpha value is -1.05. The first kappa shape index (κ1) is 15.0. The third-order valence-electron chi connectivity index (χ3n) is 2.31. The van der Waals surface area contributed by atoms with E-state index in [9.17, 15) is 21.6 Å². The zero-order valence-electron chi connectivity index (χ0n) is 10.2. The van der Waals surface area contributed by atoms with Gasteiger partial charge in [0.25, 0.3) is 0 Å². The molecule has 0 aromatic carbocycles. The highest BCUT2D eigenvalue weighted by molar-refractivity contribution is 7.87. The van der Waals surface area contributed by atoms with Crippen molar-refractivity contribution in [2.24, 2.45) is 10.4 Å². The molecule has 0 aromatic heterocycles. The summed E-state index contributed by atoms with van der Waals surface area (Å²) in [7, 11) is -5.59. The lowest BCUT2D eigenvalue weighted by Crippen LogP contribution is -2.28. The van der Waals surface area contributed by atoms with Crippen LogP contribution in [0.3, 0.4) is 0 Å². The molecular weight excluding hydrogens is 271 g/mol. The number of rotatable bonds is 2. The van der Waals surface area contributed by atoms with Crippen molar-refractivity contribution in [3.8, 4) is 0 Å². The van der Waals surface area contributed by atoms with Crippen molar-refractivity contribution in [3.05, 3.63) is 11.8 Å². The topological polar surface area (TPSA) is 55.7 Å². The maximum absolute atomic E-state index is 12.1. The van der Waals surface area contributed by atoms with Crippen molar-refractivity contribution in [2.75, 3.05) is 6.54 Å². The standard InChI is InChI=1S/C10H14F3NO3S/c1-9(2,3)8-6-7(4-5-14-8)17-18(15,16)10(11,12)13/h4H,5-6H2,1-3H3. The molecule has 0 fully saturated rings. The van der Waals surface area contributed by atoms with Gasteiger partial charge in [0, 0.05) is 17.5 Å². The lowest BCUT2D eigenvalue weighted by Gasteiger charge is -2.25. The highest BCUT2D eigenvalue weighted by Crippen LogP contribution is 2.30. The molecule has 0 spiro atoms. The summed E-state index contributed by atoms with van der Waals surface area (Å²) in [5.41, 5.74) is -5.15. The minimum absolute atomic E-state index is 0.0290. The van der Waals surface area contributed by atoms with Crippen LogP contribution >= 0.6 is 0 Å². The summed E-state index contributed by atoms with van der Waals surface area (Å²) in [6, 6.07) is 0. The van der Waals surface area contributed by atoms with E-state index in [0.717, 1.165) is 0 Å². The van der Waals surface area contributed by atoms with Crippen LogP contribution in [0.2, 0.25) is 0 Å². The molecule has 0 radical (unpaired) electrons. The maximum atomic E-state index is 12.1. The normalized spacial score (nSPS) is 18.1. The minimum Gasteiger partial charge on any atom is -0.380 e. The number of nitrogens with zero attached hydrogens (tertiary/aromatic N) is 1. The van der Waals surface area contributed by atoms with Crippen LogP contribution < -0.4 is 0 Å². The van der Waals surface area contributed by atoms with Gasteiger partial charge in [0.15, 0.2) is 0 Å². The van der Waals surface area contributed by atoms with Gasteiger partial charge >= 0.3 is 15.6 Å². The Kier molecular flexibility index (Phi) is 3.81. The molecule has 1 rings (SSSR count). The molecular formula is C10H14F3NO3S. The SMILES string of the molecule is CC(C)(C)C1=NCC=C(OS(=O)(=O)C(F)(F)F)C1. The second-order valence-corrected chi connectivity index (χ2v) is 6.41. The molecule has 8 heteroatoms. The number of dihydropyridines is 1. The third kappa shape index (κ3) is 3.47. The fourth-order valence-corrected chi connectivity index (χ4v) is 1.81. The van der Waals surface area contributed by atoms with Crippen LogP contribution in [0.15, 0.2) is 16.8 Å². The molecule has 0 saturated carbocycles. The van der Waals surface area contributed by atoms with E-state index in [2.05, 4.69) is 9.18 Å². The van der Waals surface area contributed by atoms with E-state index in [-0.39, 0.29) is 24.1 Å². The van der Waals surface area contributed by atoms with Crippen molar-refractivity contribution < 1.29 is 25.8 Å². The molecule has 0 unspecified atom stereocenters. The van der Waals surface area contributed by atoms with Crippen molar-refractivity contribution >= 4 is 15.8 Å². The Balaban J connectivity index is 2.82. The molecule has 104 valence electrons. The Morgan fingerprint density at radius 1 is 1.28 bits per heavy atom. The number of allylic oxidation sites excluding steroid dienone is 1. The maximum Gasteiger partial charge on any atom is 0.534 e. The molecule has 1 heterocycles. The summed E-state index contributed by atoms with van der Waals surface area (Å²) in [5.74, 6) is -0.229. The van der Waals surface area contributed by atoms with Gasteiger partial charge in [-0.2, -0.15) is 21.6 Å². The molecule has 0 aromatic rings. The van der Waals surface area contributed by atoms with E-state index in [1.165, 1.54) is 6.08 Å². The molecule has 1 aliphatic heterocycles. The van der Waals surface area contributed by atoms with Gasteiger partial charge in [0.1, 0.15) is 5.76 Å². The van der Waals surface area contributed by atoms with E-state index >= 15 is 0 Å². The molecule has 4 nitrogen and oxygen atoms in total. The largest absolute Gasteiger partial charge is 0.534 e. The van der Waals surface area contributed by atoms with E-state index in [1.54, 1.807) is 0 Å². The average molecular weight is 285 g/mol. The molecule has 18 heavy (non-hydrogen) atoms. The molecule has 1 aliphatic rings. The van der Waals surface area contributed by atoms with E-state index < -0.39 is 15.6 Å². The summed E-state index contributed by atoms with van der Waals surface area (Å²) in [6.07, 6.45) is 1.21. The Morgan fingerprint density at radius 3 is 2.28 bits per heavy atom. The molecule has 0 saturated heterocycles. The zero-order chi connectivity index (χ0) is 14.2. The summed E-state index contributed by atoms with van der Waals surface area (Å²) in [4.78, 5) is 4.13. The summed E-state index contributed by atoms with van der Waals surface area (Å²) in [5, 5.41) is 0. The zero-order valence-corrected chi connectivity index (χ0v) is 11.0. The highest BCUT2D eigenvalue weighted by atomic mass is 32.2. The van der Waals surface area contributed by atoms with Gasteiger partial charge in [-0.1, -0.05) is 20.8 Å². The first-order chi connectivity index (χ1) is 7.93. The van der Waals surface area contributed by atoms with Crippen molar-refractivity contribution in [2.45, 2.75) is 32.7 Å². The quantitative estimate of drug-likeness (QED) is 0.579. The Labute approximate surface area is 104 Å². The number of halogens is 3. The van der Waals surface area contributed by atoms with Crippen LogP contribution in [-0.2, 0) is 14.3 Å². The highest BCUT2D eigenvalue weighted by Gasteiger charge is 2.49. The van der Waals surface area contributed by atoms with Gasteiger partial charge in [0.05, 0.1) is 6.54 Å². The van der Waals surface area contributed by atoms with E-state index in [0.29, 0.717) is 5.71 Å². The second kappa shape index (κ2) is 4.56. The summed E-state index contributed by atoms with van der Waals surface area (Å²) >= 11 is 0. The van der Waals surface area contributed by atoms with Crippen molar-refractivity contribution in [1.29, 1.82) is 0 Å².